The Hall–Kier alpha value is -0.790. The van der Waals surface area contributed by atoms with Gasteiger partial charge in [-0.15, -0.1) is 0 Å². The molecule has 0 spiro atoms. The quantitative estimate of drug-likeness (QED) is 0.657. The fourth-order valence-corrected chi connectivity index (χ4v) is 2.15. The van der Waals surface area contributed by atoms with Crippen molar-refractivity contribution in [2.24, 2.45) is 0 Å². The number of nitrogens with zero attached hydrogens (tertiary/aromatic N) is 2. The second-order valence-electron chi connectivity index (χ2n) is 3.61. The zero-order valence-corrected chi connectivity index (χ0v) is 7.66. The Morgan fingerprint density at radius 1 is 1.67 bits per heavy atom. The fourth-order valence-electron chi connectivity index (χ4n) is 2.15. The van der Waals surface area contributed by atoms with Crippen molar-refractivity contribution in [2.45, 2.75) is 45.1 Å². The van der Waals surface area contributed by atoms with E-state index >= 15 is 0 Å². The number of rotatable bonds is 2. The van der Waals surface area contributed by atoms with Gasteiger partial charge in [-0.05, 0) is 25.3 Å². The van der Waals surface area contributed by atoms with Gasteiger partial charge in [-0.3, -0.25) is 4.68 Å². The van der Waals surface area contributed by atoms with Gasteiger partial charge in [0.2, 0.25) is 0 Å². The molecule has 1 unspecified atom stereocenters. The summed E-state index contributed by atoms with van der Waals surface area (Å²) in [6.07, 6.45) is 7.21. The van der Waals surface area contributed by atoms with Gasteiger partial charge >= 0.3 is 0 Å². The molecule has 0 fully saturated rings. The standard InChI is InChI=1S/C10H16N2/c1-2-4-9-5-3-8-12-10(9)6-7-11-12/h6-7,9H,2-5,8H2,1H3. The Kier molecular flexibility index (Phi) is 2.15. The minimum Gasteiger partial charge on any atom is -0.269 e. The van der Waals surface area contributed by atoms with Crippen molar-refractivity contribution in [3.63, 3.8) is 0 Å². The van der Waals surface area contributed by atoms with E-state index in [-0.39, 0.29) is 0 Å². The molecule has 0 saturated heterocycles. The Balaban J connectivity index is 2.19. The van der Waals surface area contributed by atoms with Gasteiger partial charge in [-0.2, -0.15) is 5.10 Å². The van der Waals surface area contributed by atoms with Crippen LogP contribution < -0.4 is 0 Å². The summed E-state index contributed by atoms with van der Waals surface area (Å²) in [5.74, 6) is 0.784. The van der Waals surface area contributed by atoms with E-state index in [0.717, 1.165) is 12.5 Å². The number of hydrogen-bond donors (Lipinski definition) is 0. The Morgan fingerprint density at radius 2 is 2.58 bits per heavy atom. The first-order valence-electron chi connectivity index (χ1n) is 4.93. The third kappa shape index (κ3) is 1.26. The Morgan fingerprint density at radius 3 is 3.42 bits per heavy atom. The largest absolute Gasteiger partial charge is 0.269 e. The van der Waals surface area contributed by atoms with Crippen LogP contribution in [0.2, 0.25) is 0 Å². The monoisotopic (exact) mass is 164 g/mol. The van der Waals surface area contributed by atoms with Crippen LogP contribution in [-0.4, -0.2) is 9.78 Å². The highest BCUT2D eigenvalue weighted by atomic mass is 15.3. The predicted molar refractivity (Wildman–Crippen MR) is 49.1 cm³/mol. The summed E-state index contributed by atoms with van der Waals surface area (Å²) < 4.78 is 2.17. The van der Waals surface area contributed by atoms with E-state index in [2.05, 4.69) is 22.8 Å². The zero-order valence-electron chi connectivity index (χ0n) is 7.66. The molecule has 12 heavy (non-hydrogen) atoms. The topological polar surface area (TPSA) is 17.8 Å². The van der Waals surface area contributed by atoms with Crippen molar-refractivity contribution in [1.29, 1.82) is 0 Å². The highest BCUT2D eigenvalue weighted by Crippen LogP contribution is 2.29. The molecule has 0 amide bonds. The smallest absolute Gasteiger partial charge is 0.0492 e. The maximum Gasteiger partial charge on any atom is 0.0492 e. The van der Waals surface area contributed by atoms with Crippen molar-refractivity contribution in [3.05, 3.63) is 18.0 Å². The van der Waals surface area contributed by atoms with Crippen molar-refractivity contribution >= 4 is 0 Å². The van der Waals surface area contributed by atoms with Crippen LogP contribution in [0.5, 0.6) is 0 Å². The Bertz CT molecular complexity index is 252. The molecule has 0 saturated carbocycles. The van der Waals surface area contributed by atoms with Crippen LogP contribution in [-0.2, 0) is 6.54 Å². The van der Waals surface area contributed by atoms with Gasteiger partial charge in [0.15, 0.2) is 0 Å². The third-order valence-corrected chi connectivity index (χ3v) is 2.73. The molecule has 0 bridgehead atoms. The summed E-state index contributed by atoms with van der Waals surface area (Å²) in [5, 5.41) is 4.31. The maximum atomic E-state index is 4.31. The lowest BCUT2D eigenvalue weighted by Gasteiger charge is -2.22. The van der Waals surface area contributed by atoms with E-state index in [9.17, 15) is 0 Å². The second kappa shape index (κ2) is 3.30. The van der Waals surface area contributed by atoms with Crippen molar-refractivity contribution in [2.75, 3.05) is 0 Å². The number of fused-ring (bicyclic) bond motifs is 1. The number of aromatic nitrogens is 2. The molecule has 1 atom stereocenters. The molecule has 2 heterocycles. The first-order chi connectivity index (χ1) is 5.92. The molecule has 2 heteroatoms. The zero-order chi connectivity index (χ0) is 8.39. The molecule has 0 N–H and O–H groups in total. The fraction of sp³-hybridized carbons (Fsp3) is 0.700. The van der Waals surface area contributed by atoms with Crippen molar-refractivity contribution < 1.29 is 0 Å². The molecule has 0 aromatic carbocycles. The molecular weight excluding hydrogens is 148 g/mol. The molecule has 1 aliphatic rings. The predicted octanol–water partition coefficient (Wildman–Crippen LogP) is 2.56. The average Bonchev–Trinajstić information content (AvgIpc) is 2.53. The van der Waals surface area contributed by atoms with Gasteiger partial charge in [0.05, 0.1) is 0 Å². The van der Waals surface area contributed by atoms with Gasteiger partial charge in [-0.1, -0.05) is 13.3 Å². The summed E-state index contributed by atoms with van der Waals surface area (Å²) in [6, 6.07) is 2.18. The van der Waals surface area contributed by atoms with Crippen LogP contribution in [0, 0.1) is 0 Å². The maximum absolute atomic E-state index is 4.31. The van der Waals surface area contributed by atoms with Crippen LogP contribution in [0.3, 0.4) is 0 Å². The van der Waals surface area contributed by atoms with E-state index in [4.69, 9.17) is 0 Å². The minimum atomic E-state index is 0.784. The molecule has 2 nitrogen and oxygen atoms in total. The van der Waals surface area contributed by atoms with Crippen LogP contribution in [0.15, 0.2) is 12.3 Å². The molecule has 1 aromatic heterocycles. The molecule has 1 aliphatic heterocycles. The Labute approximate surface area is 73.6 Å². The SMILES string of the molecule is CCCC1CCCn2nccc21. The lowest BCUT2D eigenvalue weighted by Crippen LogP contribution is -2.15. The molecule has 66 valence electrons. The van der Waals surface area contributed by atoms with E-state index in [0.29, 0.717) is 0 Å². The van der Waals surface area contributed by atoms with Gasteiger partial charge in [0.25, 0.3) is 0 Å². The first-order valence-corrected chi connectivity index (χ1v) is 4.93. The summed E-state index contributed by atoms with van der Waals surface area (Å²) in [4.78, 5) is 0. The van der Waals surface area contributed by atoms with Crippen LogP contribution in [0.4, 0.5) is 0 Å². The lowest BCUT2D eigenvalue weighted by atomic mass is 9.92. The highest BCUT2D eigenvalue weighted by Gasteiger charge is 2.19. The van der Waals surface area contributed by atoms with E-state index in [1.165, 1.54) is 31.4 Å². The third-order valence-electron chi connectivity index (χ3n) is 2.73. The van der Waals surface area contributed by atoms with Gasteiger partial charge in [-0.25, -0.2) is 0 Å². The molecule has 1 aromatic rings. The summed E-state index contributed by atoms with van der Waals surface area (Å²) in [6.45, 7) is 3.39. The number of aryl methyl sites for hydroxylation is 1. The van der Waals surface area contributed by atoms with Crippen LogP contribution >= 0.6 is 0 Å². The van der Waals surface area contributed by atoms with Gasteiger partial charge in [0, 0.05) is 24.4 Å². The normalized spacial score (nSPS) is 22.2. The molecule has 0 radical (unpaired) electrons. The summed E-state index contributed by atoms with van der Waals surface area (Å²) in [5.41, 5.74) is 1.46. The van der Waals surface area contributed by atoms with E-state index in [1.54, 1.807) is 0 Å². The van der Waals surface area contributed by atoms with E-state index < -0.39 is 0 Å². The second-order valence-corrected chi connectivity index (χ2v) is 3.61. The van der Waals surface area contributed by atoms with Gasteiger partial charge < -0.3 is 0 Å². The number of hydrogen-bond acceptors (Lipinski definition) is 1. The van der Waals surface area contributed by atoms with E-state index in [1.807, 2.05) is 6.20 Å². The minimum absolute atomic E-state index is 0.784. The highest BCUT2D eigenvalue weighted by molar-refractivity contribution is 5.09. The average molecular weight is 164 g/mol. The molecule has 0 aliphatic carbocycles. The summed E-state index contributed by atoms with van der Waals surface area (Å²) in [7, 11) is 0. The van der Waals surface area contributed by atoms with Crippen LogP contribution in [0.25, 0.3) is 0 Å². The van der Waals surface area contributed by atoms with Crippen LogP contribution in [0.1, 0.15) is 44.2 Å². The first kappa shape index (κ1) is 7.84. The lowest BCUT2D eigenvalue weighted by molar-refractivity contribution is 0.406. The van der Waals surface area contributed by atoms with Crippen molar-refractivity contribution in [1.82, 2.24) is 9.78 Å². The van der Waals surface area contributed by atoms with Crippen molar-refractivity contribution in [3.8, 4) is 0 Å². The molecular formula is C10H16N2. The van der Waals surface area contributed by atoms with Gasteiger partial charge in [0.1, 0.15) is 0 Å². The molecule has 2 rings (SSSR count). The summed E-state index contributed by atoms with van der Waals surface area (Å²) >= 11 is 0.